The van der Waals surface area contributed by atoms with Crippen molar-refractivity contribution >= 4 is 21.4 Å². The molecule has 108 valence electrons. The van der Waals surface area contributed by atoms with Crippen molar-refractivity contribution in [1.29, 1.82) is 0 Å². The van der Waals surface area contributed by atoms with Gasteiger partial charge in [0, 0.05) is 18.0 Å². The summed E-state index contributed by atoms with van der Waals surface area (Å²) in [6.07, 6.45) is 3.33. The summed E-state index contributed by atoms with van der Waals surface area (Å²) in [6, 6.07) is 3.58. The summed E-state index contributed by atoms with van der Waals surface area (Å²) in [5.74, 6) is 0. The van der Waals surface area contributed by atoms with Crippen LogP contribution in [0, 0.1) is 5.41 Å². The molecule has 2 rings (SSSR count). The zero-order valence-corrected chi connectivity index (χ0v) is 13.2. The molecule has 0 spiro atoms. The molecule has 6 heteroatoms. The Morgan fingerprint density at radius 3 is 2.63 bits per heavy atom. The minimum absolute atomic E-state index is 0.233. The van der Waals surface area contributed by atoms with Crippen molar-refractivity contribution in [2.45, 2.75) is 43.9 Å². The third-order valence-corrected chi connectivity index (χ3v) is 6.77. The van der Waals surface area contributed by atoms with Crippen LogP contribution < -0.4 is 10.0 Å². The number of thiophene rings is 1. The molecule has 1 aromatic heterocycles. The second-order valence-electron chi connectivity index (χ2n) is 5.18. The second-order valence-corrected chi connectivity index (χ2v) is 8.34. The van der Waals surface area contributed by atoms with Crippen LogP contribution in [0.5, 0.6) is 0 Å². The van der Waals surface area contributed by atoms with Crippen LogP contribution in [-0.4, -0.2) is 21.5 Å². The van der Waals surface area contributed by atoms with E-state index in [2.05, 4.69) is 17.0 Å². The highest BCUT2D eigenvalue weighted by Gasteiger charge is 2.41. The summed E-state index contributed by atoms with van der Waals surface area (Å²) in [7, 11) is -3.33. The lowest BCUT2D eigenvalue weighted by molar-refractivity contribution is 0.476. The van der Waals surface area contributed by atoms with Crippen LogP contribution >= 0.6 is 11.3 Å². The van der Waals surface area contributed by atoms with Crippen LogP contribution in [-0.2, 0) is 16.6 Å². The first-order valence-electron chi connectivity index (χ1n) is 6.80. The Morgan fingerprint density at radius 1 is 1.32 bits per heavy atom. The van der Waals surface area contributed by atoms with E-state index < -0.39 is 10.0 Å². The predicted octanol–water partition coefficient (Wildman–Crippen LogP) is 2.33. The lowest BCUT2D eigenvalue weighted by atomic mass is 10.1. The predicted molar refractivity (Wildman–Crippen MR) is 78.8 cm³/mol. The number of nitrogens with one attached hydrogen (secondary N) is 2. The van der Waals surface area contributed by atoms with Gasteiger partial charge in [-0.1, -0.05) is 13.8 Å². The van der Waals surface area contributed by atoms with Crippen LogP contribution in [0.25, 0.3) is 0 Å². The molecule has 0 bridgehead atoms. The minimum Gasteiger partial charge on any atom is -0.312 e. The molecule has 0 amide bonds. The zero-order chi connectivity index (χ0) is 13.9. The quantitative estimate of drug-likeness (QED) is 0.775. The standard InChI is InChI=1S/C13H22N2O2S2/c1-3-13(7-8-13)10-15-19(16,17)12-6-5-11(18-12)9-14-4-2/h5-6,14-15H,3-4,7-10H2,1-2H3. The van der Waals surface area contributed by atoms with Crippen LogP contribution in [0.3, 0.4) is 0 Å². The number of hydrogen-bond donors (Lipinski definition) is 2. The maximum absolute atomic E-state index is 12.2. The Hall–Kier alpha value is -0.430. The van der Waals surface area contributed by atoms with Gasteiger partial charge in [0.25, 0.3) is 0 Å². The monoisotopic (exact) mass is 302 g/mol. The van der Waals surface area contributed by atoms with Crippen molar-refractivity contribution in [3.05, 3.63) is 17.0 Å². The van der Waals surface area contributed by atoms with Gasteiger partial charge in [-0.25, -0.2) is 13.1 Å². The van der Waals surface area contributed by atoms with Gasteiger partial charge in [0.15, 0.2) is 0 Å². The molecule has 1 fully saturated rings. The molecular weight excluding hydrogens is 280 g/mol. The van der Waals surface area contributed by atoms with Crippen LogP contribution in [0.2, 0.25) is 0 Å². The number of rotatable bonds is 8. The Morgan fingerprint density at radius 2 is 2.05 bits per heavy atom. The van der Waals surface area contributed by atoms with E-state index in [9.17, 15) is 8.42 Å². The van der Waals surface area contributed by atoms with E-state index in [-0.39, 0.29) is 5.41 Å². The van der Waals surface area contributed by atoms with E-state index in [1.165, 1.54) is 11.3 Å². The highest BCUT2D eigenvalue weighted by molar-refractivity contribution is 7.91. The Bertz CT molecular complexity index is 519. The molecule has 0 aliphatic heterocycles. The van der Waals surface area contributed by atoms with Gasteiger partial charge < -0.3 is 5.32 Å². The molecule has 1 aromatic rings. The van der Waals surface area contributed by atoms with Crippen molar-refractivity contribution in [1.82, 2.24) is 10.0 Å². The van der Waals surface area contributed by atoms with Gasteiger partial charge in [0.05, 0.1) is 0 Å². The summed E-state index contributed by atoms with van der Waals surface area (Å²) < 4.78 is 27.6. The first-order valence-corrected chi connectivity index (χ1v) is 9.10. The number of sulfonamides is 1. The molecule has 19 heavy (non-hydrogen) atoms. The third-order valence-electron chi connectivity index (χ3n) is 3.80. The SMILES string of the molecule is CCNCc1ccc(S(=O)(=O)NCC2(CC)CC2)s1. The Balaban J connectivity index is 1.97. The van der Waals surface area contributed by atoms with E-state index in [0.29, 0.717) is 10.8 Å². The van der Waals surface area contributed by atoms with Gasteiger partial charge in [0.2, 0.25) is 10.0 Å². The van der Waals surface area contributed by atoms with E-state index in [1.54, 1.807) is 6.07 Å². The molecule has 2 N–H and O–H groups in total. The van der Waals surface area contributed by atoms with Crippen LogP contribution in [0.15, 0.2) is 16.3 Å². The average molecular weight is 302 g/mol. The maximum Gasteiger partial charge on any atom is 0.250 e. The van der Waals surface area contributed by atoms with E-state index >= 15 is 0 Å². The topological polar surface area (TPSA) is 58.2 Å². The van der Waals surface area contributed by atoms with Crippen LogP contribution in [0.1, 0.15) is 38.0 Å². The molecule has 4 nitrogen and oxygen atoms in total. The molecule has 1 aliphatic rings. The summed E-state index contributed by atoms with van der Waals surface area (Å²) in [5, 5.41) is 3.20. The second kappa shape index (κ2) is 5.91. The fraction of sp³-hybridized carbons (Fsp3) is 0.692. The Kier molecular flexibility index (Phi) is 4.66. The molecule has 1 saturated carbocycles. The lowest BCUT2D eigenvalue weighted by Crippen LogP contribution is -2.29. The summed E-state index contributed by atoms with van der Waals surface area (Å²) >= 11 is 1.35. The molecule has 1 aliphatic carbocycles. The van der Waals surface area contributed by atoms with E-state index in [1.807, 2.05) is 13.0 Å². The molecule has 0 aromatic carbocycles. The highest BCUT2D eigenvalue weighted by atomic mass is 32.2. The average Bonchev–Trinajstić information content (AvgIpc) is 3.03. The summed E-state index contributed by atoms with van der Waals surface area (Å²) in [6.45, 7) is 6.35. The minimum atomic E-state index is -3.33. The first kappa shape index (κ1) is 15.0. The lowest BCUT2D eigenvalue weighted by Gasteiger charge is -2.12. The maximum atomic E-state index is 12.2. The fourth-order valence-electron chi connectivity index (χ4n) is 2.00. The largest absolute Gasteiger partial charge is 0.312 e. The van der Waals surface area contributed by atoms with Gasteiger partial charge in [-0.15, -0.1) is 11.3 Å². The van der Waals surface area contributed by atoms with Gasteiger partial charge in [-0.3, -0.25) is 0 Å². The number of hydrogen-bond acceptors (Lipinski definition) is 4. The van der Waals surface area contributed by atoms with Crippen molar-refractivity contribution in [2.24, 2.45) is 5.41 Å². The van der Waals surface area contributed by atoms with Crippen molar-refractivity contribution in [3.63, 3.8) is 0 Å². The van der Waals surface area contributed by atoms with Gasteiger partial charge in [-0.2, -0.15) is 0 Å². The smallest absolute Gasteiger partial charge is 0.250 e. The third kappa shape index (κ3) is 3.78. The van der Waals surface area contributed by atoms with Gasteiger partial charge in [0.1, 0.15) is 4.21 Å². The molecule has 1 heterocycles. The molecule has 0 saturated heterocycles. The van der Waals surface area contributed by atoms with Crippen molar-refractivity contribution in [2.75, 3.05) is 13.1 Å². The molecular formula is C13H22N2O2S2. The molecule has 0 unspecified atom stereocenters. The Labute approximate surface area is 119 Å². The highest BCUT2D eigenvalue weighted by Crippen LogP contribution is 2.48. The van der Waals surface area contributed by atoms with E-state index in [4.69, 9.17) is 0 Å². The molecule has 0 radical (unpaired) electrons. The summed E-state index contributed by atoms with van der Waals surface area (Å²) in [4.78, 5) is 1.05. The summed E-state index contributed by atoms with van der Waals surface area (Å²) in [5.41, 5.74) is 0.233. The normalized spacial score (nSPS) is 17.6. The van der Waals surface area contributed by atoms with Gasteiger partial charge in [-0.05, 0) is 43.4 Å². The fourth-order valence-corrected chi connectivity index (χ4v) is 4.52. The van der Waals surface area contributed by atoms with Crippen molar-refractivity contribution in [3.8, 4) is 0 Å². The zero-order valence-electron chi connectivity index (χ0n) is 11.5. The van der Waals surface area contributed by atoms with Crippen LogP contribution in [0.4, 0.5) is 0 Å². The van der Waals surface area contributed by atoms with E-state index in [0.717, 1.165) is 37.2 Å². The van der Waals surface area contributed by atoms with Gasteiger partial charge >= 0.3 is 0 Å². The molecule has 0 atom stereocenters. The first-order chi connectivity index (χ1) is 9.01. The van der Waals surface area contributed by atoms with Crippen molar-refractivity contribution < 1.29 is 8.42 Å².